The lowest BCUT2D eigenvalue weighted by atomic mass is 9.84. The molecule has 2 aromatic carbocycles. The van der Waals surface area contributed by atoms with Crippen molar-refractivity contribution in [2.24, 2.45) is 11.8 Å². The smallest absolute Gasteiger partial charge is 0.336 e. The number of halogens is 4. The zero-order chi connectivity index (χ0) is 56.8. The van der Waals surface area contributed by atoms with Crippen molar-refractivity contribution in [2.45, 2.75) is 89.1 Å². The monoisotopic (exact) mass is 1200 g/mol. The maximum atomic E-state index is 13.7. The topological polar surface area (TPSA) is 270 Å². The molecule has 2 aliphatic heterocycles. The van der Waals surface area contributed by atoms with Crippen LogP contribution in [0.5, 0.6) is 0 Å². The lowest BCUT2D eigenvalue weighted by Gasteiger charge is -2.34. The van der Waals surface area contributed by atoms with Gasteiger partial charge in [0.15, 0.2) is 0 Å². The molecule has 25 heteroatoms. The maximum absolute atomic E-state index is 13.7. The number of benzene rings is 2. The van der Waals surface area contributed by atoms with Gasteiger partial charge in [-0.05, 0) is 127 Å². The number of rotatable bonds is 15. The van der Waals surface area contributed by atoms with E-state index < -0.39 is 17.8 Å². The summed E-state index contributed by atoms with van der Waals surface area (Å²) >= 11 is 11.8. The first-order valence-corrected chi connectivity index (χ1v) is 27.5. The average Bonchev–Trinajstić information content (AvgIpc) is 3.44. The molecule has 0 atom stereocenters. The number of aromatic carboxylic acids is 1. The van der Waals surface area contributed by atoms with Gasteiger partial charge in [-0.15, -0.1) is 24.8 Å². The number of nitrogens with one attached hydrogen (secondary N) is 4. The van der Waals surface area contributed by atoms with Gasteiger partial charge in [0, 0.05) is 82.4 Å². The van der Waals surface area contributed by atoms with Gasteiger partial charge in [-0.25, -0.2) is 14.8 Å². The summed E-state index contributed by atoms with van der Waals surface area (Å²) in [6.07, 6.45) is 11.0. The summed E-state index contributed by atoms with van der Waals surface area (Å²) in [5.41, 5.74) is 0.817. The molecule has 2 aliphatic carbocycles. The van der Waals surface area contributed by atoms with Crippen LogP contribution in [0.3, 0.4) is 0 Å². The number of anilines is 4. The van der Waals surface area contributed by atoms with Crippen LogP contribution >= 0.6 is 48.0 Å². The van der Waals surface area contributed by atoms with Crippen LogP contribution in [0.15, 0.2) is 81.9 Å². The molecule has 82 heavy (non-hydrogen) atoms. The highest BCUT2D eigenvalue weighted by Crippen LogP contribution is 2.39. The van der Waals surface area contributed by atoms with Crippen LogP contribution in [0.4, 0.5) is 23.0 Å². The number of furan rings is 2. The highest BCUT2D eigenvalue weighted by molar-refractivity contribution is 6.31. The van der Waals surface area contributed by atoms with E-state index in [2.05, 4.69) is 31.2 Å². The van der Waals surface area contributed by atoms with Crippen LogP contribution < -0.4 is 21.3 Å². The Morgan fingerprint density at radius 2 is 1.02 bits per heavy atom. The number of pyridine rings is 2. The summed E-state index contributed by atoms with van der Waals surface area (Å²) in [5, 5.41) is 22.1. The molecule has 21 nitrogen and oxygen atoms in total. The van der Waals surface area contributed by atoms with E-state index in [9.17, 15) is 43.5 Å². The summed E-state index contributed by atoms with van der Waals surface area (Å²) in [5.74, 6) is -3.58. The molecule has 10 rings (SSSR count). The number of carbonyl (C=O) groups excluding carboxylic acids is 7. The van der Waals surface area contributed by atoms with Crippen molar-refractivity contribution in [3.63, 3.8) is 0 Å². The molecule has 6 aromatic rings. The Bertz CT molecular complexity index is 3340. The van der Waals surface area contributed by atoms with Gasteiger partial charge in [0.1, 0.15) is 34.2 Å². The van der Waals surface area contributed by atoms with Crippen molar-refractivity contribution >= 4 is 140 Å². The first-order valence-electron chi connectivity index (χ1n) is 26.7. The number of likely N-dealkylation sites (N-methyl/N-ethyl adjacent to an activating group) is 2. The Labute approximate surface area is 495 Å². The van der Waals surface area contributed by atoms with Gasteiger partial charge >= 0.3 is 5.97 Å². The van der Waals surface area contributed by atoms with E-state index >= 15 is 0 Å². The number of amides is 7. The van der Waals surface area contributed by atoms with E-state index in [4.69, 9.17) is 32.0 Å². The third kappa shape index (κ3) is 14.3. The van der Waals surface area contributed by atoms with Gasteiger partial charge < -0.3 is 54.8 Å². The van der Waals surface area contributed by atoms with Crippen LogP contribution in [0.2, 0.25) is 10.0 Å². The molecule has 436 valence electrons. The molecule has 4 aromatic heterocycles. The van der Waals surface area contributed by atoms with Crippen molar-refractivity contribution in [3.8, 4) is 0 Å². The van der Waals surface area contributed by atoms with Gasteiger partial charge in [-0.3, -0.25) is 33.6 Å². The molecular weight excluding hydrogens is 1140 g/mol. The molecule has 0 spiro atoms. The highest BCUT2D eigenvalue weighted by atomic mass is 35.5. The molecule has 4 aliphatic rings. The number of fused-ring (bicyclic) bond motifs is 2. The quantitative estimate of drug-likeness (QED) is 0.0640. The van der Waals surface area contributed by atoms with Gasteiger partial charge in [0.05, 0.1) is 31.9 Å². The standard InChI is InChI=1S/C31H37ClN6O5.C26H25ClN4O6.2ClH/c1-36(2)16-17-37(3)31(42)22-6-4-7-23-26(22)27(28(43-23)30(41)34-24-14-11-20(32)18-33-24)35-29(40)19-9-12-21(13-10-19)38-15-5-8-25(38)39;27-15-8-11-19(28-13-15)29-25(34)23-22(21-17(26(35)36)3-1-4-18(21)37-23)30-24(33)14-6-9-16(10-7-14)31-12-2-5-20(31)32;;/h4,6-7,11,14,18-19,21H,5,8-10,12-13,15-17H2,1-3H3,(H,35,40)(H,33,34,41);1,3-4,8,11,13-14,16H,2,5-7,9-10,12H2,(H,30,33)(H,35,36)(H,28,29,34);2*1H. The number of likely N-dealkylation sites (tertiary alicyclic amines) is 2. The molecule has 7 amide bonds. The van der Waals surface area contributed by atoms with Crippen molar-refractivity contribution in [2.75, 3.05) is 68.6 Å². The fourth-order valence-corrected chi connectivity index (χ4v) is 11.2. The summed E-state index contributed by atoms with van der Waals surface area (Å²) in [6, 6.07) is 16.0. The zero-order valence-electron chi connectivity index (χ0n) is 45.3. The van der Waals surface area contributed by atoms with Crippen LogP contribution in [-0.2, 0) is 19.2 Å². The third-order valence-electron chi connectivity index (χ3n) is 15.2. The number of nitrogens with zero attached hydrogens (tertiary/aromatic N) is 6. The summed E-state index contributed by atoms with van der Waals surface area (Å²) in [6.45, 7) is 2.70. The Balaban J connectivity index is 0.000000233. The molecule has 0 radical (unpaired) electrons. The Kier molecular flexibility index (Phi) is 21.0. The minimum Gasteiger partial charge on any atom is -0.478 e. The maximum Gasteiger partial charge on any atom is 0.336 e. The predicted octanol–water partition coefficient (Wildman–Crippen LogP) is 9.88. The Morgan fingerprint density at radius 3 is 1.40 bits per heavy atom. The van der Waals surface area contributed by atoms with E-state index in [1.807, 2.05) is 28.8 Å². The van der Waals surface area contributed by atoms with E-state index in [1.165, 1.54) is 36.7 Å². The van der Waals surface area contributed by atoms with Crippen molar-refractivity contribution in [3.05, 3.63) is 106 Å². The molecule has 6 heterocycles. The lowest BCUT2D eigenvalue weighted by molar-refractivity contribution is -0.131. The molecule has 0 unspecified atom stereocenters. The van der Waals surface area contributed by atoms with Crippen LogP contribution in [0.1, 0.15) is 119 Å². The van der Waals surface area contributed by atoms with E-state index in [-0.39, 0.29) is 129 Å². The number of carbonyl (C=O) groups is 8. The fraction of sp³-hybridized carbons (Fsp3) is 0.404. The number of aromatic nitrogens is 2. The van der Waals surface area contributed by atoms with Crippen LogP contribution in [-0.4, -0.2) is 141 Å². The van der Waals surface area contributed by atoms with Crippen LogP contribution in [0.25, 0.3) is 21.9 Å². The van der Waals surface area contributed by atoms with Crippen molar-refractivity contribution in [1.29, 1.82) is 0 Å². The van der Waals surface area contributed by atoms with Crippen molar-refractivity contribution < 1.29 is 52.3 Å². The number of carboxylic acid groups (broad SMARTS) is 1. The van der Waals surface area contributed by atoms with Gasteiger partial charge in [0.2, 0.25) is 35.1 Å². The van der Waals surface area contributed by atoms with E-state index in [1.54, 1.807) is 48.3 Å². The molecule has 2 saturated carbocycles. The summed E-state index contributed by atoms with van der Waals surface area (Å²) in [4.78, 5) is 119. The largest absolute Gasteiger partial charge is 0.478 e. The fourth-order valence-electron chi connectivity index (χ4n) is 11.0. The van der Waals surface area contributed by atoms with Gasteiger partial charge in [-0.2, -0.15) is 0 Å². The number of hydrogen-bond donors (Lipinski definition) is 5. The third-order valence-corrected chi connectivity index (χ3v) is 15.7. The molecule has 0 bridgehead atoms. The van der Waals surface area contributed by atoms with E-state index in [0.29, 0.717) is 91.0 Å². The summed E-state index contributed by atoms with van der Waals surface area (Å²) < 4.78 is 11.8. The molecule has 5 N–H and O–H groups in total. The second-order valence-electron chi connectivity index (χ2n) is 20.8. The Hall–Kier alpha value is -7.30. The number of hydrogen-bond acceptors (Lipinski definition) is 13. The second-order valence-corrected chi connectivity index (χ2v) is 21.7. The van der Waals surface area contributed by atoms with Crippen molar-refractivity contribution in [1.82, 2.24) is 29.6 Å². The Morgan fingerprint density at radius 1 is 0.598 bits per heavy atom. The first kappa shape index (κ1) is 62.3. The first-order chi connectivity index (χ1) is 38.4. The second kappa shape index (κ2) is 27.6. The summed E-state index contributed by atoms with van der Waals surface area (Å²) in [7, 11) is 5.58. The minimum atomic E-state index is -1.22. The van der Waals surface area contributed by atoms with Gasteiger partial charge in [-0.1, -0.05) is 35.3 Å². The molecule has 2 saturated heterocycles. The minimum absolute atomic E-state index is 0. The SMILES string of the molecule is CN(C)CCN(C)C(=O)c1cccc2oc(C(=O)Nc3ccc(Cl)cn3)c(NC(=O)C3CCC(N4CCCC4=O)CC3)c12.Cl.Cl.O=C(Nc1ccc(Cl)cn1)c1oc2cccc(C(=O)O)c2c1NC(=O)C1CCC(N2CCCC2=O)CC1. The lowest BCUT2D eigenvalue weighted by Crippen LogP contribution is -2.40. The normalized spacial score (nSPS) is 18.7. The zero-order valence-corrected chi connectivity index (χ0v) is 48.5. The average molecular weight is 1210 g/mol. The molecule has 4 fully saturated rings. The predicted molar refractivity (Wildman–Crippen MR) is 314 cm³/mol. The number of carboxylic acids is 1. The van der Waals surface area contributed by atoms with E-state index in [0.717, 1.165) is 38.8 Å². The molecular formula is C57H64Cl4N10O11. The van der Waals surface area contributed by atoms with Crippen LogP contribution in [0, 0.1) is 11.8 Å². The highest BCUT2D eigenvalue weighted by Gasteiger charge is 2.37. The van der Waals surface area contributed by atoms with Gasteiger partial charge in [0.25, 0.3) is 17.7 Å².